The van der Waals surface area contributed by atoms with E-state index in [1.54, 1.807) is 11.8 Å². The molecule has 0 aliphatic carbocycles. The number of halogens is 1. The van der Waals surface area contributed by atoms with Crippen LogP contribution in [0.5, 0.6) is 0 Å². The molecule has 6 nitrogen and oxygen atoms in total. The Bertz CT molecular complexity index is 681. The Morgan fingerprint density at radius 2 is 1.75 bits per heavy atom. The molecule has 0 aromatic heterocycles. The monoisotopic (exact) mass is 357 g/mol. The van der Waals surface area contributed by atoms with Crippen molar-refractivity contribution >= 4 is 15.9 Å². The molecule has 2 N–H and O–H groups in total. The van der Waals surface area contributed by atoms with Crippen molar-refractivity contribution in [3.63, 3.8) is 0 Å². The maximum atomic E-state index is 13.0. The molecule has 1 heterocycles. The maximum Gasteiger partial charge on any atom is 0.243 e. The Labute approximate surface area is 142 Å². The van der Waals surface area contributed by atoms with Crippen LogP contribution in [0.15, 0.2) is 29.2 Å². The Morgan fingerprint density at radius 1 is 1.21 bits per heavy atom. The van der Waals surface area contributed by atoms with Gasteiger partial charge in [-0.1, -0.05) is 13.3 Å². The van der Waals surface area contributed by atoms with Crippen LogP contribution in [-0.2, 0) is 14.8 Å². The van der Waals surface area contributed by atoms with Gasteiger partial charge in [0, 0.05) is 26.2 Å². The van der Waals surface area contributed by atoms with Crippen LogP contribution < -0.4 is 5.73 Å². The van der Waals surface area contributed by atoms with Crippen molar-refractivity contribution in [2.45, 2.75) is 37.1 Å². The predicted molar refractivity (Wildman–Crippen MR) is 89.2 cm³/mol. The molecule has 2 rings (SSSR count). The highest BCUT2D eigenvalue weighted by molar-refractivity contribution is 7.89. The summed E-state index contributed by atoms with van der Waals surface area (Å²) in [5.74, 6) is -0.634. The Kier molecular flexibility index (Phi) is 5.62. The van der Waals surface area contributed by atoms with Gasteiger partial charge in [0.05, 0.1) is 10.4 Å². The smallest absolute Gasteiger partial charge is 0.243 e. The summed E-state index contributed by atoms with van der Waals surface area (Å²) in [4.78, 5) is 14.1. The van der Waals surface area contributed by atoms with Crippen molar-refractivity contribution < 1.29 is 17.6 Å². The van der Waals surface area contributed by atoms with Crippen molar-refractivity contribution in [1.29, 1.82) is 0 Å². The molecule has 1 atom stereocenters. The van der Waals surface area contributed by atoms with E-state index >= 15 is 0 Å². The molecule has 1 aliphatic rings. The third-order valence-corrected chi connectivity index (χ3v) is 6.15. The van der Waals surface area contributed by atoms with Gasteiger partial charge in [-0.3, -0.25) is 4.79 Å². The fourth-order valence-electron chi connectivity index (χ4n) is 2.87. The number of hydrogen-bond acceptors (Lipinski definition) is 4. The van der Waals surface area contributed by atoms with Gasteiger partial charge < -0.3 is 10.6 Å². The Hall–Kier alpha value is -1.51. The number of carbonyl (C=O) groups is 1. The van der Waals surface area contributed by atoms with Crippen molar-refractivity contribution in [3.8, 4) is 0 Å². The van der Waals surface area contributed by atoms with E-state index in [0.29, 0.717) is 19.5 Å². The molecule has 1 unspecified atom stereocenters. The zero-order chi connectivity index (χ0) is 18.0. The highest BCUT2D eigenvalue weighted by atomic mass is 32.2. The van der Waals surface area contributed by atoms with Crippen LogP contribution in [0.2, 0.25) is 0 Å². The Morgan fingerprint density at radius 3 is 2.25 bits per heavy atom. The molecule has 0 radical (unpaired) electrons. The van der Waals surface area contributed by atoms with E-state index in [0.717, 1.165) is 18.6 Å². The molecule has 1 aromatic rings. The van der Waals surface area contributed by atoms with E-state index < -0.39 is 21.4 Å². The molecule has 1 fully saturated rings. The molecular formula is C16H24FN3O3S. The summed E-state index contributed by atoms with van der Waals surface area (Å²) >= 11 is 0. The Balaban J connectivity index is 2.04. The van der Waals surface area contributed by atoms with Gasteiger partial charge in [-0.2, -0.15) is 4.31 Å². The topological polar surface area (TPSA) is 83.7 Å². The van der Waals surface area contributed by atoms with Crippen LogP contribution in [0.25, 0.3) is 0 Å². The summed E-state index contributed by atoms with van der Waals surface area (Å²) in [7, 11) is -3.68. The first-order valence-electron chi connectivity index (χ1n) is 8.02. The minimum absolute atomic E-state index is 0.0540. The standard InChI is InChI=1S/C16H24FN3O3S/c1-3-8-16(2,18)15(21)19-9-11-20(12-10-19)24(22,23)14-6-4-13(17)5-7-14/h4-7H,3,8-12,18H2,1-2H3. The molecule has 1 aromatic carbocycles. The largest absolute Gasteiger partial charge is 0.338 e. The van der Waals surface area contributed by atoms with Gasteiger partial charge in [-0.15, -0.1) is 0 Å². The molecule has 1 amide bonds. The van der Waals surface area contributed by atoms with Gasteiger partial charge in [0.15, 0.2) is 0 Å². The highest BCUT2D eigenvalue weighted by Gasteiger charge is 2.36. The van der Waals surface area contributed by atoms with Crippen molar-refractivity contribution in [3.05, 3.63) is 30.1 Å². The lowest BCUT2D eigenvalue weighted by molar-refractivity contribution is -0.137. The first-order valence-corrected chi connectivity index (χ1v) is 9.46. The number of rotatable bonds is 5. The van der Waals surface area contributed by atoms with Crippen LogP contribution >= 0.6 is 0 Å². The SMILES string of the molecule is CCCC(C)(N)C(=O)N1CCN(S(=O)(=O)c2ccc(F)cc2)CC1. The summed E-state index contributed by atoms with van der Waals surface area (Å²) in [6.07, 6.45) is 1.39. The molecule has 0 saturated carbocycles. The quantitative estimate of drug-likeness (QED) is 0.858. The number of sulfonamides is 1. The molecule has 134 valence electrons. The minimum Gasteiger partial charge on any atom is -0.338 e. The highest BCUT2D eigenvalue weighted by Crippen LogP contribution is 2.20. The van der Waals surface area contributed by atoms with Gasteiger partial charge in [-0.05, 0) is 37.6 Å². The summed E-state index contributed by atoms with van der Waals surface area (Å²) in [6.45, 7) is 4.68. The lowest BCUT2D eigenvalue weighted by Gasteiger charge is -2.37. The third-order valence-electron chi connectivity index (χ3n) is 4.24. The average molecular weight is 357 g/mol. The van der Waals surface area contributed by atoms with E-state index in [1.807, 2.05) is 6.92 Å². The van der Waals surface area contributed by atoms with Crippen molar-refractivity contribution in [2.75, 3.05) is 26.2 Å². The normalized spacial score (nSPS) is 19.1. The number of nitrogens with zero attached hydrogens (tertiary/aromatic N) is 2. The molecule has 1 aliphatic heterocycles. The van der Waals surface area contributed by atoms with E-state index in [1.165, 1.54) is 16.4 Å². The van der Waals surface area contributed by atoms with E-state index in [2.05, 4.69) is 0 Å². The van der Waals surface area contributed by atoms with Crippen molar-refractivity contribution in [2.24, 2.45) is 5.73 Å². The van der Waals surface area contributed by atoms with Gasteiger partial charge in [-0.25, -0.2) is 12.8 Å². The zero-order valence-corrected chi connectivity index (χ0v) is 14.9. The number of carbonyl (C=O) groups excluding carboxylic acids is 1. The van der Waals surface area contributed by atoms with Gasteiger partial charge in [0.1, 0.15) is 5.82 Å². The second-order valence-corrected chi connectivity index (χ2v) is 8.26. The molecule has 1 saturated heterocycles. The lowest BCUT2D eigenvalue weighted by atomic mass is 9.95. The summed E-state index contributed by atoms with van der Waals surface area (Å²) < 4.78 is 39.4. The zero-order valence-electron chi connectivity index (χ0n) is 14.0. The number of amides is 1. The third kappa shape index (κ3) is 3.93. The molecule has 0 bridgehead atoms. The minimum atomic E-state index is -3.68. The molecule has 24 heavy (non-hydrogen) atoms. The summed E-state index contributed by atoms with van der Waals surface area (Å²) in [6, 6.07) is 4.75. The fraction of sp³-hybridized carbons (Fsp3) is 0.562. The van der Waals surface area contributed by atoms with E-state index in [9.17, 15) is 17.6 Å². The summed E-state index contributed by atoms with van der Waals surface area (Å²) in [5, 5.41) is 0. The second-order valence-electron chi connectivity index (χ2n) is 6.32. The second kappa shape index (κ2) is 7.16. The van der Waals surface area contributed by atoms with Crippen LogP contribution in [0, 0.1) is 5.82 Å². The number of piperazine rings is 1. The molecular weight excluding hydrogens is 333 g/mol. The predicted octanol–water partition coefficient (Wildman–Crippen LogP) is 1.18. The van der Waals surface area contributed by atoms with E-state index in [-0.39, 0.29) is 23.9 Å². The van der Waals surface area contributed by atoms with E-state index in [4.69, 9.17) is 5.73 Å². The van der Waals surface area contributed by atoms with Gasteiger partial charge in [0.25, 0.3) is 0 Å². The average Bonchev–Trinajstić information content (AvgIpc) is 2.54. The first kappa shape index (κ1) is 18.8. The number of nitrogens with two attached hydrogens (primary N) is 1. The van der Waals surface area contributed by atoms with Gasteiger partial charge >= 0.3 is 0 Å². The first-order chi connectivity index (χ1) is 11.2. The lowest BCUT2D eigenvalue weighted by Crippen LogP contribution is -2.58. The molecule has 0 spiro atoms. The number of benzene rings is 1. The van der Waals surface area contributed by atoms with Crippen LogP contribution in [0.4, 0.5) is 4.39 Å². The summed E-state index contributed by atoms with van der Waals surface area (Å²) in [5.41, 5.74) is 5.14. The maximum absolute atomic E-state index is 13.0. The van der Waals surface area contributed by atoms with Crippen molar-refractivity contribution in [1.82, 2.24) is 9.21 Å². The molecule has 8 heteroatoms. The fourth-order valence-corrected chi connectivity index (χ4v) is 4.30. The van der Waals surface area contributed by atoms with Crippen LogP contribution in [-0.4, -0.2) is 55.2 Å². The van der Waals surface area contributed by atoms with Crippen LogP contribution in [0.3, 0.4) is 0 Å². The van der Waals surface area contributed by atoms with Gasteiger partial charge in [0.2, 0.25) is 15.9 Å². The van der Waals surface area contributed by atoms with Crippen LogP contribution in [0.1, 0.15) is 26.7 Å². The number of hydrogen-bond donors (Lipinski definition) is 1.